The van der Waals surface area contributed by atoms with E-state index in [0.29, 0.717) is 52.9 Å². The Hall–Kier alpha value is -2.08. The first-order chi connectivity index (χ1) is 15.2. The van der Waals surface area contributed by atoms with Crippen molar-refractivity contribution in [3.8, 4) is 0 Å². The molecule has 1 aliphatic heterocycles. The highest BCUT2D eigenvalue weighted by Crippen LogP contribution is 2.10. The van der Waals surface area contributed by atoms with Crippen LogP contribution < -0.4 is 5.32 Å². The van der Waals surface area contributed by atoms with Gasteiger partial charge in [0, 0.05) is 19.4 Å². The smallest absolute Gasteiger partial charge is 0.308 e. The first-order valence-electron chi connectivity index (χ1n) is 10.8. The number of hydrogen-bond acceptors (Lipinski definition) is 9. The maximum atomic E-state index is 11.7. The first-order valence-corrected chi connectivity index (χ1v) is 10.8. The van der Waals surface area contributed by atoms with E-state index in [1.165, 1.54) is 0 Å². The summed E-state index contributed by atoms with van der Waals surface area (Å²) in [7, 11) is 0. The van der Waals surface area contributed by atoms with E-state index in [9.17, 15) is 19.2 Å². The van der Waals surface area contributed by atoms with Crippen molar-refractivity contribution in [2.45, 2.75) is 45.6 Å². The molecule has 1 saturated heterocycles. The Kier molecular flexibility index (Phi) is 13.7. The van der Waals surface area contributed by atoms with E-state index in [4.69, 9.17) is 23.7 Å². The molecule has 1 rings (SSSR count). The fourth-order valence-electron chi connectivity index (χ4n) is 2.57. The highest BCUT2D eigenvalue weighted by Gasteiger charge is 2.30. The zero-order valence-electron chi connectivity index (χ0n) is 19.3. The van der Waals surface area contributed by atoms with Gasteiger partial charge in [-0.1, -0.05) is 0 Å². The van der Waals surface area contributed by atoms with Crippen molar-refractivity contribution in [1.82, 2.24) is 10.2 Å². The molecule has 0 saturated carbocycles. The summed E-state index contributed by atoms with van der Waals surface area (Å²) in [5.74, 6) is -1.30. The van der Waals surface area contributed by atoms with Crippen molar-refractivity contribution in [2.24, 2.45) is 0 Å². The van der Waals surface area contributed by atoms with Crippen LogP contribution in [-0.4, -0.2) is 100 Å². The molecule has 0 bridgehead atoms. The van der Waals surface area contributed by atoms with Crippen LogP contribution in [0, 0.1) is 0 Å². The maximum Gasteiger partial charge on any atom is 0.308 e. The molecule has 3 amide bonds. The number of carbonyl (C=O) groups is 4. The van der Waals surface area contributed by atoms with Crippen LogP contribution in [-0.2, 0) is 42.9 Å². The largest absolute Gasteiger partial charge is 0.460 e. The molecule has 0 radical (unpaired) electrons. The summed E-state index contributed by atoms with van der Waals surface area (Å²) in [6, 6.07) is 0. The lowest BCUT2D eigenvalue weighted by Gasteiger charge is -2.19. The predicted molar refractivity (Wildman–Crippen MR) is 113 cm³/mol. The number of esters is 1. The fraction of sp³-hybridized carbons (Fsp3) is 0.810. The topological polar surface area (TPSA) is 130 Å². The van der Waals surface area contributed by atoms with Crippen LogP contribution in [0.25, 0.3) is 0 Å². The highest BCUT2D eigenvalue weighted by atomic mass is 16.6. The Bertz CT molecular complexity index is 589. The second kappa shape index (κ2) is 15.7. The van der Waals surface area contributed by atoms with Gasteiger partial charge in [-0.15, -0.1) is 0 Å². The van der Waals surface area contributed by atoms with Crippen molar-refractivity contribution < 1.29 is 42.9 Å². The van der Waals surface area contributed by atoms with Gasteiger partial charge in [0.05, 0.1) is 59.3 Å². The third-order valence-electron chi connectivity index (χ3n) is 4.01. The van der Waals surface area contributed by atoms with Crippen LogP contribution in [0.2, 0.25) is 0 Å². The van der Waals surface area contributed by atoms with Gasteiger partial charge in [0.2, 0.25) is 17.7 Å². The fourth-order valence-corrected chi connectivity index (χ4v) is 2.57. The van der Waals surface area contributed by atoms with Gasteiger partial charge in [-0.25, -0.2) is 0 Å². The van der Waals surface area contributed by atoms with Crippen LogP contribution in [0.5, 0.6) is 0 Å². The summed E-state index contributed by atoms with van der Waals surface area (Å²) in [5.41, 5.74) is -0.486. The number of ether oxygens (including phenoxy) is 5. The number of amides is 3. The Morgan fingerprint density at radius 3 is 1.78 bits per heavy atom. The van der Waals surface area contributed by atoms with Crippen molar-refractivity contribution in [3.05, 3.63) is 0 Å². The van der Waals surface area contributed by atoms with E-state index in [-0.39, 0.29) is 56.0 Å². The first kappa shape index (κ1) is 28.0. The molecule has 32 heavy (non-hydrogen) atoms. The molecule has 1 heterocycles. The van der Waals surface area contributed by atoms with Gasteiger partial charge in [0.15, 0.2) is 0 Å². The van der Waals surface area contributed by atoms with Gasteiger partial charge in [0.25, 0.3) is 0 Å². The predicted octanol–water partition coefficient (Wildman–Crippen LogP) is 0.0498. The van der Waals surface area contributed by atoms with E-state index in [0.717, 1.165) is 4.90 Å². The molecular weight excluding hydrogens is 424 g/mol. The Morgan fingerprint density at radius 1 is 0.812 bits per heavy atom. The quantitative estimate of drug-likeness (QED) is 0.182. The number of nitrogens with one attached hydrogen (secondary N) is 1. The van der Waals surface area contributed by atoms with Gasteiger partial charge in [-0.3, -0.25) is 24.1 Å². The lowest BCUT2D eigenvalue weighted by Crippen LogP contribution is -2.40. The summed E-state index contributed by atoms with van der Waals surface area (Å²) >= 11 is 0. The molecule has 1 N–H and O–H groups in total. The number of carbonyl (C=O) groups excluding carboxylic acids is 4. The van der Waals surface area contributed by atoms with E-state index in [1.54, 1.807) is 0 Å². The van der Waals surface area contributed by atoms with Gasteiger partial charge in [0.1, 0.15) is 12.1 Å². The van der Waals surface area contributed by atoms with Crippen molar-refractivity contribution >= 4 is 23.7 Å². The van der Waals surface area contributed by atoms with Gasteiger partial charge < -0.3 is 29.0 Å². The van der Waals surface area contributed by atoms with E-state index >= 15 is 0 Å². The van der Waals surface area contributed by atoms with Crippen molar-refractivity contribution in [1.29, 1.82) is 0 Å². The minimum Gasteiger partial charge on any atom is -0.460 e. The third-order valence-corrected chi connectivity index (χ3v) is 4.01. The molecule has 1 aliphatic rings. The molecule has 0 aromatic carbocycles. The van der Waals surface area contributed by atoms with E-state index < -0.39 is 5.60 Å². The van der Waals surface area contributed by atoms with Crippen molar-refractivity contribution in [2.75, 3.05) is 65.9 Å². The zero-order valence-corrected chi connectivity index (χ0v) is 19.3. The second-order valence-corrected chi connectivity index (χ2v) is 8.01. The summed E-state index contributed by atoms with van der Waals surface area (Å²) in [4.78, 5) is 47.0. The monoisotopic (exact) mass is 460 g/mol. The van der Waals surface area contributed by atoms with Gasteiger partial charge in [-0.05, 0) is 20.8 Å². The number of rotatable bonds is 17. The molecule has 0 unspecified atom stereocenters. The average Bonchev–Trinajstić information content (AvgIpc) is 3.01. The number of nitrogens with zero attached hydrogens (tertiary/aromatic N) is 1. The molecule has 1 fully saturated rings. The summed E-state index contributed by atoms with van der Waals surface area (Å²) in [6.45, 7) is 8.47. The summed E-state index contributed by atoms with van der Waals surface area (Å²) in [6.07, 6.45) is 0.551. The second-order valence-electron chi connectivity index (χ2n) is 8.01. The molecular formula is C21H36N2O9. The molecule has 11 heteroatoms. The lowest BCUT2D eigenvalue weighted by molar-refractivity contribution is -0.156. The van der Waals surface area contributed by atoms with Crippen LogP contribution in [0.15, 0.2) is 0 Å². The molecule has 0 aromatic rings. The minimum atomic E-state index is -0.486. The number of likely N-dealkylation sites (tertiary alicyclic amines) is 1. The lowest BCUT2D eigenvalue weighted by atomic mass is 10.2. The molecule has 0 aromatic heterocycles. The molecule has 0 aliphatic carbocycles. The highest BCUT2D eigenvalue weighted by molar-refractivity contribution is 6.04. The summed E-state index contributed by atoms with van der Waals surface area (Å²) < 4.78 is 26.5. The Labute approximate surface area is 189 Å². The normalized spacial score (nSPS) is 14.2. The Balaban J connectivity index is 1.81. The van der Waals surface area contributed by atoms with Gasteiger partial charge in [-0.2, -0.15) is 0 Å². The third kappa shape index (κ3) is 14.1. The van der Waals surface area contributed by atoms with Crippen LogP contribution in [0.1, 0.15) is 40.0 Å². The average molecular weight is 461 g/mol. The number of hydrogen-bond donors (Lipinski definition) is 1. The van der Waals surface area contributed by atoms with E-state index in [2.05, 4.69) is 5.32 Å². The molecule has 0 spiro atoms. The maximum absolute atomic E-state index is 11.7. The minimum absolute atomic E-state index is 0.171. The zero-order chi connectivity index (χ0) is 23.8. The molecule has 11 nitrogen and oxygen atoms in total. The van der Waals surface area contributed by atoms with Crippen molar-refractivity contribution in [3.63, 3.8) is 0 Å². The van der Waals surface area contributed by atoms with E-state index in [1.807, 2.05) is 20.8 Å². The molecule has 184 valence electrons. The van der Waals surface area contributed by atoms with Gasteiger partial charge >= 0.3 is 5.97 Å². The standard InChI is InChI=1S/C21H36N2O9/c1-21(2,3)32-20(27)6-8-28-10-12-30-14-15-31-13-11-29-9-7-22-17(24)16-23-18(25)4-5-19(23)26/h4-16H2,1-3H3,(H,22,24). The van der Waals surface area contributed by atoms with Crippen LogP contribution in [0.4, 0.5) is 0 Å². The number of imide groups is 1. The Morgan fingerprint density at radius 2 is 1.28 bits per heavy atom. The molecule has 0 atom stereocenters. The summed E-state index contributed by atoms with van der Waals surface area (Å²) in [5, 5.41) is 2.60. The van der Waals surface area contributed by atoms with Crippen LogP contribution in [0.3, 0.4) is 0 Å². The van der Waals surface area contributed by atoms with Crippen LogP contribution >= 0.6 is 0 Å². The SMILES string of the molecule is CC(C)(C)OC(=O)CCOCCOCCOCCOCCNC(=O)CN1C(=O)CCC1=O.